The van der Waals surface area contributed by atoms with Gasteiger partial charge in [-0.15, -0.1) is 35.0 Å². The van der Waals surface area contributed by atoms with Crippen LogP contribution in [0.3, 0.4) is 0 Å². The standard InChI is InChI=1S/C20H29Cl3O2S/c21-17-10-12-18(13-11-17)26-14-8-6-4-2-1-3-5-7-9-16(20(24)25)15-19(22)23/h10-13,16,19H,1-9,14-15H2,(H,24,25). The van der Waals surface area contributed by atoms with E-state index in [9.17, 15) is 4.79 Å². The predicted octanol–water partition coefficient (Wildman–Crippen LogP) is 7.84. The Labute approximate surface area is 177 Å². The molecule has 0 saturated carbocycles. The van der Waals surface area contributed by atoms with Gasteiger partial charge >= 0.3 is 5.97 Å². The minimum atomic E-state index is -0.784. The molecule has 1 rings (SSSR count). The smallest absolute Gasteiger partial charge is 0.306 e. The Bertz CT molecular complexity index is 494. The summed E-state index contributed by atoms with van der Waals surface area (Å²) in [6, 6.07) is 8.02. The average molecular weight is 440 g/mol. The third-order valence-corrected chi connectivity index (χ3v) is 6.05. The molecule has 0 saturated heterocycles. The number of aliphatic carboxylic acids is 1. The zero-order valence-electron chi connectivity index (χ0n) is 15.1. The number of carboxylic acid groups (broad SMARTS) is 1. The van der Waals surface area contributed by atoms with Crippen molar-refractivity contribution >= 4 is 52.5 Å². The van der Waals surface area contributed by atoms with Gasteiger partial charge in [-0.3, -0.25) is 4.79 Å². The molecule has 0 aromatic heterocycles. The lowest BCUT2D eigenvalue weighted by Gasteiger charge is -2.12. The summed E-state index contributed by atoms with van der Waals surface area (Å²) in [4.78, 5) is 11.8. The highest BCUT2D eigenvalue weighted by molar-refractivity contribution is 7.99. The van der Waals surface area contributed by atoms with Crippen LogP contribution in [0.4, 0.5) is 0 Å². The maximum atomic E-state index is 11.1. The van der Waals surface area contributed by atoms with Gasteiger partial charge in [0.1, 0.15) is 4.84 Å². The summed E-state index contributed by atoms with van der Waals surface area (Å²) < 4.78 is 0. The van der Waals surface area contributed by atoms with E-state index in [4.69, 9.17) is 39.9 Å². The van der Waals surface area contributed by atoms with E-state index in [1.165, 1.54) is 43.4 Å². The third-order valence-electron chi connectivity index (χ3n) is 4.34. The lowest BCUT2D eigenvalue weighted by Crippen LogP contribution is -2.16. The van der Waals surface area contributed by atoms with E-state index < -0.39 is 16.7 Å². The summed E-state index contributed by atoms with van der Waals surface area (Å²) >= 11 is 19.1. The van der Waals surface area contributed by atoms with Crippen molar-refractivity contribution in [3.05, 3.63) is 29.3 Å². The number of hydrogen-bond donors (Lipinski definition) is 1. The number of hydrogen-bond acceptors (Lipinski definition) is 2. The molecule has 26 heavy (non-hydrogen) atoms. The van der Waals surface area contributed by atoms with E-state index in [0.29, 0.717) is 12.8 Å². The van der Waals surface area contributed by atoms with Crippen LogP contribution in [0.2, 0.25) is 5.02 Å². The van der Waals surface area contributed by atoms with E-state index in [0.717, 1.165) is 23.6 Å². The monoisotopic (exact) mass is 438 g/mol. The van der Waals surface area contributed by atoms with Gasteiger partial charge < -0.3 is 5.11 Å². The van der Waals surface area contributed by atoms with Crippen molar-refractivity contribution in [2.24, 2.45) is 5.92 Å². The highest BCUT2D eigenvalue weighted by Gasteiger charge is 2.19. The molecule has 148 valence electrons. The van der Waals surface area contributed by atoms with Crippen LogP contribution in [0.25, 0.3) is 0 Å². The van der Waals surface area contributed by atoms with Crippen LogP contribution in [-0.4, -0.2) is 21.7 Å². The number of carboxylic acids is 1. The Morgan fingerprint density at radius 2 is 1.46 bits per heavy atom. The van der Waals surface area contributed by atoms with Gasteiger partial charge in [0, 0.05) is 9.92 Å². The molecule has 0 bridgehead atoms. The van der Waals surface area contributed by atoms with Crippen molar-refractivity contribution in [3.63, 3.8) is 0 Å². The zero-order chi connectivity index (χ0) is 19.2. The van der Waals surface area contributed by atoms with Crippen LogP contribution in [0.1, 0.15) is 64.2 Å². The number of thioether (sulfide) groups is 1. The van der Waals surface area contributed by atoms with E-state index in [1.807, 2.05) is 23.9 Å². The van der Waals surface area contributed by atoms with Gasteiger partial charge in [0.15, 0.2) is 0 Å². The van der Waals surface area contributed by atoms with Gasteiger partial charge in [0.25, 0.3) is 0 Å². The van der Waals surface area contributed by atoms with E-state index in [-0.39, 0.29) is 0 Å². The van der Waals surface area contributed by atoms with Gasteiger partial charge in [-0.2, -0.15) is 0 Å². The van der Waals surface area contributed by atoms with Crippen molar-refractivity contribution in [2.75, 3.05) is 5.75 Å². The summed E-state index contributed by atoms with van der Waals surface area (Å²) in [7, 11) is 0. The SMILES string of the molecule is O=C(O)C(CCCCCCCCCCSc1ccc(Cl)cc1)CC(Cl)Cl. The molecule has 2 nitrogen and oxygen atoms in total. The number of alkyl halides is 2. The quantitative estimate of drug-likeness (QED) is 0.172. The van der Waals surface area contributed by atoms with Gasteiger partial charge in [0.05, 0.1) is 5.92 Å². The summed E-state index contributed by atoms with van der Waals surface area (Å²) in [6.45, 7) is 0. The molecular formula is C20H29Cl3O2S. The first-order chi connectivity index (χ1) is 12.5. The Kier molecular flexibility index (Phi) is 13.7. The second kappa shape index (κ2) is 14.9. The van der Waals surface area contributed by atoms with Gasteiger partial charge in [-0.1, -0.05) is 56.5 Å². The van der Waals surface area contributed by atoms with Crippen LogP contribution in [0.5, 0.6) is 0 Å². The molecule has 0 aliphatic carbocycles. The highest BCUT2D eigenvalue weighted by Crippen LogP contribution is 2.23. The molecule has 1 aromatic rings. The summed E-state index contributed by atoms with van der Waals surface area (Å²) in [5, 5.41) is 9.91. The largest absolute Gasteiger partial charge is 0.481 e. The highest BCUT2D eigenvalue weighted by atomic mass is 35.5. The van der Waals surface area contributed by atoms with Crippen LogP contribution in [-0.2, 0) is 4.79 Å². The van der Waals surface area contributed by atoms with Crippen molar-refractivity contribution in [1.29, 1.82) is 0 Å². The Morgan fingerprint density at radius 1 is 0.923 bits per heavy atom. The fraction of sp³-hybridized carbons (Fsp3) is 0.650. The molecule has 0 aliphatic heterocycles. The van der Waals surface area contributed by atoms with Crippen LogP contribution >= 0.6 is 46.6 Å². The molecule has 0 fully saturated rings. The Morgan fingerprint density at radius 3 is 2.00 bits per heavy atom. The van der Waals surface area contributed by atoms with Crippen LogP contribution in [0.15, 0.2) is 29.2 Å². The molecule has 1 N–H and O–H groups in total. The lowest BCUT2D eigenvalue weighted by atomic mass is 9.98. The Hall–Kier alpha value is -0.0900. The molecule has 1 unspecified atom stereocenters. The molecule has 0 heterocycles. The maximum Gasteiger partial charge on any atom is 0.306 e. The Balaban J connectivity index is 1.91. The fourth-order valence-electron chi connectivity index (χ4n) is 2.83. The molecular weight excluding hydrogens is 411 g/mol. The summed E-state index contributed by atoms with van der Waals surface area (Å²) in [6.07, 6.45) is 10.5. The lowest BCUT2D eigenvalue weighted by molar-refractivity contribution is -0.142. The van der Waals surface area contributed by atoms with Gasteiger partial charge in [0.2, 0.25) is 0 Å². The molecule has 0 radical (unpaired) electrons. The predicted molar refractivity (Wildman–Crippen MR) is 115 cm³/mol. The second-order valence-corrected chi connectivity index (χ2v) is 9.46. The van der Waals surface area contributed by atoms with Crippen molar-refractivity contribution < 1.29 is 9.90 Å². The molecule has 0 amide bonds. The minimum Gasteiger partial charge on any atom is -0.481 e. The maximum absolute atomic E-state index is 11.1. The first-order valence-corrected chi connectivity index (χ1v) is 11.6. The normalized spacial score (nSPS) is 12.5. The third kappa shape index (κ3) is 12.3. The zero-order valence-corrected chi connectivity index (χ0v) is 18.2. The van der Waals surface area contributed by atoms with E-state index in [1.54, 1.807) is 0 Å². The number of unbranched alkanes of at least 4 members (excludes halogenated alkanes) is 7. The first-order valence-electron chi connectivity index (χ1n) is 9.38. The van der Waals surface area contributed by atoms with Crippen molar-refractivity contribution in [1.82, 2.24) is 0 Å². The average Bonchev–Trinajstić information content (AvgIpc) is 2.59. The fourth-order valence-corrected chi connectivity index (χ4v) is 4.30. The summed E-state index contributed by atoms with van der Waals surface area (Å²) in [5.74, 6) is -0.0405. The molecule has 6 heteroatoms. The second-order valence-electron chi connectivity index (χ2n) is 6.58. The van der Waals surface area contributed by atoms with Gasteiger partial charge in [-0.25, -0.2) is 0 Å². The van der Waals surface area contributed by atoms with Crippen LogP contribution in [0, 0.1) is 5.92 Å². The van der Waals surface area contributed by atoms with E-state index in [2.05, 4.69) is 12.1 Å². The number of rotatable bonds is 15. The number of halogens is 3. The topological polar surface area (TPSA) is 37.3 Å². The van der Waals surface area contributed by atoms with Crippen LogP contribution < -0.4 is 0 Å². The first kappa shape index (κ1) is 23.9. The molecule has 1 atom stereocenters. The number of benzene rings is 1. The van der Waals surface area contributed by atoms with Crippen molar-refractivity contribution in [3.8, 4) is 0 Å². The molecule has 1 aromatic carbocycles. The van der Waals surface area contributed by atoms with Gasteiger partial charge in [-0.05, 0) is 49.3 Å². The summed E-state index contributed by atoms with van der Waals surface area (Å²) in [5.41, 5.74) is 0. The minimum absolute atomic E-state index is 0.340. The molecule has 0 spiro atoms. The van der Waals surface area contributed by atoms with E-state index >= 15 is 0 Å². The number of carbonyl (C=O) groups is 1. The molecule has 0 aliphatic rings. The van der Waals surface area contributed by atoms with Crippen molar-refractivity contribution in [2.45, 2.75) is 73.9 Å².